The van der Waals surface area contributed by atoms with E-state index in [0.29, 0.717) is 30.8 Å². The molecule has 7 heteroatoms. The van der Waals surface area contributed by atoms with Crippen molar-refractivity contribution < 1.29 is 9.13 Å². The minimum Gasteiger partial charge on any atom is -0.494 e. The molecule has 1 saturated carbocycles. The highest BCUT2D eigenvalue weighted by Crippen LogP contribution is 2.30. The van der Waals surface area contributed by atoms with E-state index in [1.54, 1.807) is 10.7 Å². The largest absolute Gasteiger partial charge is 0.494 e. The van der Waals surface area contributed by atoms with Crippen molar-refractivity contribution in [2.24, 2.45) is 13.0 Å². The molecule has 4 rings (SSSR count). The first-order valence-electron chi connectivity index (χ1n) is 10.0. The molecule has 0 N–H and O–H groups in total. The predicted molar refractivity (Wildman–Crippen MR) is 109 cm³/mol. The first kappa shape index (κ1) is 19.4. The number of hydrogen-bond acceptors (Lipinski definition) is 4. The lowest BCUT2D eigenvalue weighted by atomic mass is 9.99. The van der Waals surface area contributed by atoms with Crippen LogP contribution in [0.4, 0.5) is 4.39 Å². The van der Waals surface area contributed by atoms with Gasteiger partial charge in [0.15, 0.2) is 0 Å². The van der Waals surface area contributed by atoms with Crippen LogP contribution in [0, 0.1) is 11.7 Å². The highest BCUT2D eigenvalue weighted by atomic mass is 19.1. The summed E-state index contributed by atoms with van der Waals surface area (Å²) in [5.74, 6) is 0.925. The molecule has 1 aliphatic rings. The molecule has 6 nitrogen and oxygen atoms in total. The molecule has 1 aliphatic carbocycles. The second kappa shape index (κ2) is 8.19. The molecule has 0 amide bonds. The molecular weight excluding hydrogens is 369 g/mol. The van der Waals surface area contributed by atoms with Crippen LogP contribution in [0.3, 0.4) is 0 Å². The number of aryl methyl sites for hydroxylation is 1. The van der Waals surface area contributed by atoms with Crippen molar-refractivity contribution in [3.63, 3.8) is 0 Å². The van der Waals surface area contributed by atoms with E-state index >= 15 is 0 Å². The fourth-order valence-corrected chi connectivity index (χ4v) is 3.54. The van der Waals surface area contributed by atoms with Gasteiger partial charge in [0.1, 0.15) is 11.6 Å². The summed E-state index contributed by atoms with van der Waals surface area (Å²) in [5.41, 5.74) is 4.56. The van der Waals surface area contributed by atoms with E-state index in [1.165, 1.54) is 25.0 Å². The van der Waals surface area contributed by atoms with Crippen molar-refractivity contribution in [3.8, 4) is 0 Å². The van der Waals surface area contributed by atoms with Gasteiger partial charge in [0.05, 0.1) is 18.0 Å². The lowest BCUT2D eigenvalue weighted by molar-refractivity contribution is 0.298. The second-order valence-corrected chi connectivity index (χ2v) is 7.66. The molecule has 152 valence electrons. The summed E-state index contributed by atoms with van der Waals surface area (Å²) in [5, 5.41) is 13.2. The molecular formula is C22H26FN5O. The lowest BCUT2D eigenvalue weighted by Crippen LogP contribution is -2.02. The Bertz CT molecular complexity index is 1020. The van der Waals surface area contributed by atoms with Crippen molar-refractivity contribution in [2.75, 3.05) is 6.61 Å². The molecule has 1 aromatic carbocycles. The van der Waals surface area contributed by atoms with Gasteiger partial charge < -0.3 is 4.74 Å². The van der Waals surface area contributed by atoms with E-state index in [2.05, 4.69) is 22.0 Å². The van der Waals surface area contributed by atoms with E-state index < -0.39 is 0 Å². The van der Waals surface area contributed by atoms with Crippen molar-refractivity contribution in [1.29, 1.82) is 0 Å². The van der Waals surface area contributed by atoms with Crippen LogP contribution in [0.25, 0.3) is 5.76 Å². The zero-order chi connectivity index (χ0) is 20.4. The van der Waals surface area contributed by atoms with E-state index in [0.717, 1.165) is 35.0 Å². The molecule has 0 atom stereocenters. The lowest BCUT2D eigenvalue weighted by Gasteiger charge is -2.12. The summed E-state index contributed by atoms with van der Waals surface area (Å²) >= 11 is 0. The zero-order valence-corrected chi connectivity index (χ0v) is 16.9. The Hall–Kier alpha value is -2.96. The minimum absolute atomic E-state index is 0.307. The summed E-state index contributed by atoms with van der Waals surface area (Å²) in [6.07, 6.45) is 7.83. The summed E-state index contributed by atoms with van der Waals surface area (Å²) in [6.45, 7) is 7.27. The third-order valence-corrected chi connectivity index (χ3v) is 5.14. The molecule has 0 unspecified atom stereocenters. The molecule has 1 fully saturated rings. The van der Waals surface area contributed by atoms with Crippen LogP contribution in [-0.4, -0.2) is 31.4 Å². The van der Waals surface area contributed by atoms with Gasteiger partial charge in [-0.25, -0.2) is 4.39 Å². The summed E-state index contributed by atoms with van der Waals surface area (Å²) in [7, 11) is 1.90. The molecule has 0 saturated heterocycles. The van der Waals surface area contributed by atoms with Crippen molar-refractivity contribution in [2.45, 2.75) is 39.2 Å². The molecule has 2 aromatic heterocycles. The molecule has 0 spiro atoms. The Balaban J connectivity index is 1.55. The number of halogens is 1. The standard InChI is InChI=1S/C22H26FN5O/c1-4-29-15(2)21-11-19(23)8-7-17(21)10-22-18(13-27(3)25-22)9-20-14-28(26-24-20)12-16-5-6-16/h7-8,11,13-14,16H,2,4-6,9-10,12H2,1,3H3. The Morgan fingerprint density at radius 1 is 1.24 bits per heavy atom. The van der Waals surface area contributed by atoms with E-state index in [-0.39, 0.29) is 5.82 Å². The quantitative estimate of drug-likeness (QED) is 0.518. The summed E-state index contributed by atoms with van der Waals surface area (Å²) in [4.78, 5) is 0. The van der Waals surface area contributed by atoms with Gasteiger partial charge in [-0.1, -0.05) is 17.9 Å². The van der Waals surface area contributed by atoms with Crippen molar-refractivity contribution >= 4 is 5.76 Å². The first-order valence-corrected chi connectivity index (χ1v) is 10.0. The number of nitrogens with zero attached hydrogens (tertiary/aromatic N) is 5. The topological polar surface area (TPSA) is 57.8 Å². The van der Waals surface area contributed by atoms with Crippen LogP contribution in [0.2, 0.25) is 0 Å². The third kappa shape index (κ3) is 4.72. The van der Waals surface area contributed by atoms with Gasteiger partial charge in [-0.15, -0.1) is 5.10 Å². The van der Waals surface area contributed by atoms with Crippen LogP contribution in [0.15, 0.2) is 37.2 Å². The molecule has 29 heavy (non-hydrogen) atoms. The van der Waals surface area contributed by atoms with Gasteiger partial charge in [0, 0.05) is 44.4 Å². The number of hydrogen-bond donors (Lipinski definition) is 0. The minimum atomic E-state index is -0.307. The summed E-state index contributed by atoms with van der Waals surface area (Å²) in [6, 6.07) is 4.71. The van der Waals surface area contributed by atoms with Crippen molar-refractivity contribution in [1.82, 2.24) is 24.8 Å². The third-order valence-electron chi connectivity index (χ3n) is 5.14. The number of aromatic nitrogens is 5. The van der Waals surface area contributed by atoms with Crippen LogP contribution in [0.1, 0.15) is 47.8 Å². The van der Waals surface area contributed by atoms with E-state index in [1.807, 2.05) is 31.0 Å². The van der Waals surface area contributed by atoms with Crippen LogP contribution in [0.5, 0.6) is 0 Å². The SMILES string of the molecule is C=C(OCC)c1cc(F)ccc1Cc1nn(C)cc1Cc1cn(CC2CC2)nn1. The highest BCUT2D eigenvalue weighted by molar-refractivity contribution is 5.61. The molecule has 0 bridgehead atoms. The first-order chi connectivity index (χ1) is 14.0. The Morgan fingerprint density at radius 2 is 2.07 bits per heavy atom. The number of rotatable bonds is 9. The van der Waals surface area contributed by atoms with Gasteiger partial charge >= 0.3 is 0 Å². The van der Waals surface area contributed by atoms with Gasteiger partial charge in [-0.05, 0) is 48.9 Å². The second-order valence-electron chi connectivity index (χ2n) is 7.66. The highest BCUT2D eigenvalue weighted by Gasteiger charge is 2.22. The zero-order valence-electron chi connectivity index (χ0n) is 16.9. The maximum atomic E-state index is 13.8. The van der Waals surface area contributed by atoms with Crippen LogP contribution in [-0.2, 0) is 31.2 Å². The average molecular weight is 395 g/mol. The summed E-state index contributed by atoms with van der Waals surface area (Å²) < 4.78 is 23.1. The fraction of sp³-hybridized carbons (Fsp3) is 0.409. The Kier molecular flexibility index (Phi) is 5.47. The monoisotopic (exact) mass is 395 g/mol. The van der Waals surface area contributed by atoms with Crippen molar-refractivity contribution in [3.05, 3.63) is 71.1 Å². The maximum absolute atomic E-state index is 13.8. The molecule has 0 aliphatic heterocycles. The number of benzene rings is 1. The van der Waals surface area contributed by atoms with Crippen LogP contribution < -0.4 is 0 Å². The van der Waals surface area contributed by atoms with E-state index in [9.17, 15) is 4.39 Å². The van der Waals surface area contributed by atoms with E-state index in [4.69, 9.17) is 4.74 Å². The average Bonchev–Trinajstić information content (AvgIpc) is 3.28. The Labute approximate surface area is 170 Å². The molecule has 0 radical (unpaired) electrons. The molecule has 3 aromatic rings. The fourth-order valence-electron chi connectivity index (χ4n) is 3.54. The molecule has 2 heterocycles. The number of ether oxygens (including phenoxy) is 1. The normalized spacial score (nSPS) is 13.6. The smallest absolute Gasteiger partial charge is 0.123 e. The maximum Gasteiger partial charge on any atom is 0.123 e. The predicted octanol–water partition coefficient (Wildman–Crippen LogP) is 3.75. The van der Waals surface area contributed by atoms with Gasteiger partial charge in [-0.2, -0.15) is 5.10 Å². The van der Waals surface area contributed by atoms with Gasteiger partial charge in [-0.3, -0.25) is 9.36 Å². The van der Waals surface area contributed by atoms with Gasteiger partial charge in [0.25, 0.3) is 0 Å². The Morgan fingerprint density at radius 3 is 2.83 bits per heavy atom. The van der Waals surface area contributed by atoms with Gasteiger partial charge in [0.2, 0.25) is 0 Å². The van der Waals surface area contributed by atoms with Crippen LogP contribution >= 0.6 is 0 Å².